The van der Waals surface area contributed by atoms with Crippen molar-refractivity contribution >= 4 is 39.9 Å². The Morgan fingerprint density at radius 1 is 1.17 bits per heavy atom. The van der Waals surface area contributed by atoms with Gasteiger partial charge in [-0.1, -0.05) is 24.3 Å². The number of fused-ring (bicyclic) bond motifs is 1. The second kappa shape index (κ2) is 8.08. The van der Waals surface area contributed by atoms with Gasteiger partial charge in [0.15, 0.2) is 12.3 Å². The number of para-hydroxylation sites is 1. The van der Waals surface area contributed by atoms with Crippen LogP contribution in [0.25, 0.3) is 21.6 Å². The number of rotatable bonds is 5. The first kappa shape index (κ1) is 19.8. The summed E-state index contributed by atoms with van der Waals surface area (Å²) in [6.07, 6.45) is 0. The van der Waals surface area contributed by atoms with Crippen LogP contribution < -0.4 is 4.90 Å². The van der Waals surface area contributed by atoms with Gasteiger partial charge in [-0.15, -0.1) is 11.3 Å². The summed E-state index contributed by atoms with van der Waals surface area (Å²) in [5.41, 5.74) is 3.02. The maximum Gasteiger partial charge on any atom is 0.339 e. The zero-order valence-corrected chi connectivity index (χ0v) is 17.6. The zero-order chi connectivity index (χ0) is 21.3. The molecule has 0 atom stereocenters. The molecule has 3 heterocycles. The number of carbonyl (C=O) groups is 2. The molecule has 0 unspecified atom stereocenters. The predicted octanol–water partition coefficient (Wildman–Crippen LogP) is 3.83. The summed E-state index contributed by atoms with van der Waals surface area (Å²) < 4.78 is 7.03. The van der Waals surface area contributed by atoms with Crippen molar-refractivity contribution in [1.29, 1.82) is 0 Å². The average Bonchev–Trinajstić information content (AvgIpc) is 3.40. The molecule has 0 saturated carbocycles. The van der Waals surface area contributed by atoms with Crippen molar-refractivity contribution in [2.75, 3.05) is 18.6 Å². The minimum absolute atomic E-state index is 0.318. The highest BCUT2D eigenvalue weighted by Gasteiger charge is 2.22. The lowest BCUT2D eigenvalue weighted by atomic mass is 10.1. The Balaban J connectivity index is 1.62. The van der Waals surface area contributed by atoms with E-state index in [1.807, 2.05) is 54.8 Å². The molecule has 7 nitrogen and oxygen atoms in total. The van der Waals surface area contributed by atoms with E-state index in [1.165, 1.54) is 16.2 Å². The normalized spacial score (nSPS) is 10.9. The van der Waals surface area contributed by atoms with Crippen molar-refractivity contribution < 1.29 is 14.3 Å². The van der Waals surface area contributed by atoms with Gasteiger partial charge < -0.3 is 9.64 Å². The van der Waals surface area contributed by atoms with Crippen molar-refractivity contribution in [2.45, 2.75) is 6.92 Å². The number of carbonyl (C=O) groups excluding carboxylic acids is 2. The maximum atomic E-state index is 13.0. The SMILES string of the molecule is Cc1nn(C)c2nc(-c3cccs3)cc(C(=O)OCC(=O)N(C)c3ccccc3)c12. The number of nitrogens with zero attached hydrogens (tertiary/aromatic N) is 4. The van der Waals surface area contributed by atoms with Gasteiger partial charge in [-0.3, -0.25) is 9.48 Å². The Hall–Kier alpha value is -3.52. The van der Waals surface area contributed by atoms with E-state index in [-0.39, 0.29) is 12.5 Å². The van der Waals surface area contributed by atoms with Crippen LogP contribution in [0, 0.1) is 6.92 Å². The molecule has 1 aromatic carbocycles. The Labute approximate surface area is 177 Å². The molecule has 3 aromatic heterocycles. The van der Waals surface area contributed by atoms with E-state index >= 15 is 0 Å². The third-order valence-corrected chi connectivity index (χ3v) is 5.70. The summed E-state index contributed by atoms with van der Waals surface area (Å²) in [4.78, 5) is 32.5. The van der Waals surface area contributed by atoms with Crippen LogP contribution in [0.3, 0.4) is 0 Å². The molecule has 0 bridgehead atoms. The first-order chi connectivity index (χ1) is 14.5. The molecule has 4 rings (SSSR count). The van der Waals surface area contributed by atoms with E-state index in [2.05, 4.69) is 10.1 Å². The largest absolute Gasteiger partial charge is 0.452 e. The second-order valence-electron chi connectivity index (χ2n) is 6.80. The van der Waals surface area contributed by atoms with E-state index < -0.39 is 5.97 Å². The second-order valence-corrected chi connectivity index (χ2v) is 7.75. The van der Waals surface area contributed by atoms with Crippen LogP contribution in [0.2, 0.25) is 0 Å². The summed E-state index contributed by atoms with van der Waals surface area (Å²) in [5.74, 6) is -0.896. The first-order valence-electron chi connectivity index (χ1n) is 9.32. The maximum absolute atomic E-state index is 13.0. The van der Waals surface area contributed by atoms with Gasteiger partial charge in [-0.05, 0) is 36.6 Å². The fraction of sp³-hybridized carbons (Fsp3) is 0.182. The Bertz CT molecular complexity index is 1220. The molecule has 30 heavy (non-hydrogen) atoms. The van der Waals surface area contributed by atoms with Gasteiger partial charge in [0.2, 0.25) is 0 Å². The topological polar surface area (TPSA) is 77.3 Å². The van der Waals surface area contributed by atoms with Crippen molar-refractivity contribution in [2.24, 2.45) is 7.05 Å². The van der Waals surface area contributed by atoms with Crippen molar-refractivity contribution in [3.8, 4) is 10.6 Å². The summed E-state index contributed by atoms with van der Waals surface area (Å²) in [6, 6.07) is 14.8. The molecule has 0 aliphatic rings. The fourth-order valence-electron chi connectivity index (χ4n) is 3.25. The fourth-order valence-corrected chi connectivity index (χ4v) is 3.94. The number of amides is 1. The molecule has 0 aliphatic heterocycles. The Kier molecular flexibility index (Phi) is 5.33. The van der Waals surface area contributed by atoms with Gasteiger partial charge in [0.1, 0.15) is 0 Å². The smallest absolute Gasteiger partial charge is 0.339 e. The summed E-state index contributed by atoms with van der Waals surface area (Å²) >= 11 is 1.53. The number of hydrogen-bond acceptors (Lipinski definition) is 6. The number of anilines is 1. The highest BCUT2D eigenvalue weighted by molar-refractivity contribution is 7.13. The lowest BCUT2D eigenvalue weighted by Crippen LogP contribution is -2.31. The van der Waals surface area contributed by atoms with Crippen LogP contribution in [-0.2, 0) is 16.6 Å². The molecule has 0 aliphatic carbocycles. The lowest BCUT2D eigenvalue weighted by Gasteiger charge is -2.17. The van der Waals surface area contributed by atoms with E-state index in [0.29, 0.717) is 28.0 Å². The van der Waals surface area contributed by atoms with Gasteiger partial charge in [-0.25, -0.2) is 9.78 Å². The van der Waals surface area contributed by atoms with Crippen molar-refractivity contribution in [1.82, 2.24) is 14.8 Å². The minimum atomic E-state index is -0.578. The third-order valence-electron chi connectivity index (χ3n) is 4.81. The number of thiophene rings is 1. The van der Waals surface area contributed by atoms with Crippen LogP contribution in [0.1, 0.15) is 16.1 Å². The van der Waals surface area contributed by atoms with Crippen molar-refractivity contribution in [3.05, 3.63) is 65.2 Å². The standard InChI is InChI=1S/C22H20N4O3S/c1-14-20-16(12-17(18-10-7-11-30-18)23-21(20)26(3)24-14)22(28)29-13-19(27)25(2)15-8-5-4-6-9-15/h4-12H,13H2,1-3H3. The van der Waals surface area contributed by atoms with Crippen LogP contribution >= 0.6 is 11.3 Å². The molecular formula is C22H20N4O3S. The van der Waals surface area contributed by atoms with Gasteiger partial charge in [-0.2, -0.15) is 5.10 Å². The summed E-state index contributed by atoms with van der Waals surface area (Å²) in [7, 11) is 3.43. The lowest BCUT2D eigenvalue weighted by molar-refractivity contribution is -0.121. The van der Waals surface area contributed by atoms with Gasteiger partial charge in [0, 0.05) is 19.8 Å². The summed E-state index contributed by atoms with van der Waals surface area (Å²) in [5, 5.41) is 6.97. The van der Waals surface area contributed by atoms with Crippen LogP contribution in [0.15, 0.2) is 53.9 Å². The molecule has 152 valence electrons. The van der Waals surface area contributed by atoms with Crippen LogP contribution in [0.4, 0.5) is 5.69 Å². The van der Waals surface area contributed by atoms with Crippen LogP contribution in [-0.4, -0.2) is 40.3 Å². The number of benzene rings is 1. The molecule has 0 saturated heterocycles. The Morgan fingerprint density at radius 2 is 1.93 bits per heavy atom. The van der Waals surface area contributed by atoms with E-state index in [1.54, 1.807) is 24.8 Å². The quantitative estimate of drug-likeness (QED) is 0.459. The average molecular weight is 420 g/mol. The monoisotopic (exact) mass is 420 g/mol. The molecule has 1 amide bonds. The highest BCUT2D eigenvalue weighted by Crippen LogP contribution is 2.29. The number of pyridine rings is 1. The zero-order valence-electron chi connectivity index (χ0n) is 16.8. The number of aromatic nitrogens is 3. The number of ether oxygens (including phenoxy) is 1. The number of likely N-dealkylation sites (N-methyl/N-ethyl adjacent to an activating group) is 1. The summed E-state index contributed by atoms with van der Waals surface area (Å²) in [6.45, 7) is 1.46. The number of hydrogen-bond donors (Lipinski definition) is 0. The van der Waals surface area contributed by atoms with E-state index in [9.17, 15) is 9.59 Å². The minimum Gasteiger partial charge on any atom is -0.452 e. The molecular weight excluding hydrogens is 400 g/mol. The van der Waals surface area contributed by atoms with Crippen LogP contribution in [0.5, 0.6) is 0 Å². The molecule has 0 N–H and O–H groups in total. The van der Waals surface area contributed by atoms with E-state index in [4.69, 9.17) is 4.74 Å². The number of aryl methyl sites for hydroxylation is 2. The third kappa shape index (κ3) is 3.69. The molecule has 0 radical (unpaired) electrons. The predicted molar refractivity (Wildman–Crippen MR) is 117 cm³/mol. The number of esters is 1. The first-order valence-corrected chi connectivity index (χ1v) is 10.2. The molecule has 8 heteroatoms. The van der Waals surface area contributed by atoms with Gasteiger partial charge >= 0.3 is 5.97 Å². The van der Waals surface area contributed by atoms with Gasteiger partial charge in [0.05, 0.1) is 27.2 Å². The molecule has 0 fully saturated rings. The van der Waals surface area contributed by atoms with Crippen molar-refractivity contribution in [3.63, 3.8) is 0 Å². The molecule has 0 spiro atoms. The molecule has 4 aromatic rings. The Morgan fingerprint density at radius 3 is 2.63 bits per heavy atom. The highest BCUT2D eigenvalue weighted by atomic mass is 32.1. The van der Waals surface area contributed by atoms with Gasteiger partial charge in [0.25, 0.3) is 5.91 Å². The van der Waals surface area contributed by atoms with E-state index in [0.717, 1.165) is 10.6 Å².